The number of nitrogens with zero attached hydrogens (tertiary/aromatic N) is 1. The lowest BCUT2D eigenvalue weighted by Gasteiger charge is -2.39. The van der Waals surface area contributed by atoms with Gasteiger partial charge in [-0.05, 0) is 24.3 Å². The summed E-state index contributed by atoms with van der Waals surface area (Å²) in [5, 5.41) is 6.70. The average Bonchev–Trinajstić information content (AvgIpc) is 2.85. The third-order valence-corrected chi connectivity index (χ3v) is 8.93. The minimum atomic E-state index is 0.655. The predicted molar refractivity (Wildman–Crippen MR) is 133 cm³/mol. The number of hydrogen-bond acceptors (Lipinski definition) is 7. The number of hydrogen-bond donors (Lipinski definition) is 2. The van der Waals surface area contributed by atoms with Crippen LogP contribution in [-0.2, 0) is 4.74 Å². The molecular formula is C23H31N3OS3. The second-order valence-electron chi connectivity index (χ2n) is 7.38. The molecule has 4 nitrogen and oxygen atoms in total. The third-order valence-electron chi connectivity index (χ3n) is 5.31. The summed E-state index contributed by atoms with van der Waals surface area (Å²) in [6.45, 7) is 7.54. The molecule has 2 saturated heterocycles. The normalized spacial score (nSPS) is 22.5. The van der Waals surface area contributed by atoms with E-state index >= 15 is 0 Å². The van der Waals surface area contributed by atoms with Gasteiger partial charge in [0.05, 0.1) is 13.2 Å². The number of piperazine rings is 1. The topological polar surface area (TPSA) is 36.5 Å². The molecule has 1 unspecified atom stereocenters. The smallest absolute Gasteiger partial charge is 0.0634 e. The molecule has 162 valence electrons. The van der Waals surface area contributed by atoms with Gasteiger partial charge in [0.25, 0.3) is 0 Å². The molecule has 30 heavy (non-hydrogen) atoms. The van der Waals surface area contributed by atoms with E-state index in [1.165, 1.54) is 44.2 Å². The Labute approximate surface area is 193 Å². The summed E-state index contributed by atoms with van der Waals surface area (Å²) in [4.78, 5) is 6.81. The zero-order valence-electron chi connectivity index (χ0n) is 17.3. The van der Waals surface area contributed by atoms with Crippen molar-refractivity contribution >= 4 is 41.0 Å². The first-order valence-electron chi connectivity index (χ1n) is 10.7. The summed E-state index contributed by atoms with van der Waals surface area (Å²) in [5.74, 6) is 3.72. The molecule has 4 aliphatic heterocycles. The Morgan fingerprint density at radius 3 is 2.23 bits per heavy atom. The van der Waals surface area contributed by atoms with Crippen LogP contribution >= 0.6 is 35.3 Å². The van der Waals surface area contributed by atoms with Gasteiger partial charge in [-0.25, -0.2) is 0 Å². The highest BCUT2D eigenvalue weighted by molar-refractivity contribution is 8.05. The van der Waals surface area contributed by atoms with E-state index in [0.29, 0.717) is 6.04 Å². The quantitative estimate of drug-likeness (QED) is 0.603. The number of rotatable bonds is 0. The molecule has 2 fully saturated rings. The Balaban J connectivity index is 0.000000109. The molecule has 0 bridgehead atoms. The van der Waals surface area contributed by atoms with Crippen LogP contribution in [0.25, 0.3) is 0 Å². The van der Waals surface area contributed by atoms with Crippen molar-refractivity contribution in [2.45, 2.75) is 20.7 Å². The van der Waals surface area contributed by atoms with E-state index in [9.17, 15) is 0 Å². The van der Waals surface area contributed by atoms with Gasteiger partial charge in [0.15, 0.2) is 0 Å². The number of morpholine rings is 1. The molecule has 2 aromatic rings. The average molecular weight is 462 g/mol. The largest absolute Gasteiger partial charge is 0.383 e. The van der Waals surface area contributed by atoms with E-state index in [-0.39, 0.29) is 0 Å². The molecule has 0 saturated carbocycles. The first kappa shape index (κ1) is 22.4. The third kappa shape index (κ3) is 6.58. The van der Waals surface area contributed by atoms with Crippen LogP contribution in [0.5, 0.6) is 0 Å². The van der Waals surface area contributed by atoms with Crippen LogP contribution in [-0.4, -0.2) is 74.1 Å². The van der Waals surface area contributed by atoms with Crippen molar-refractivity contribution in [3.05, 3.63) is 48.5 Å². The first-order valence-corrected chi connectivity index (χ1v) is 13.7. The Morgan fingerprint density at radius 2 is 1.50 bits per heavy atom. The van der Waals surface area contributed by atoms with E-state index in [1.54, 1.807) is 0 Å². The number of fused-ring (bicyclic) bond motifs is 3. The number of thioether (sulfide) groups is 3. The van der Waals surface area contributed by atoms with Gasteiger partial charge in [-0.3, -0.25) is 4.90 Å². The fourth-order valence-corrected chi connectivity index (χ4v) is 6.86. The highest BCUT2D eigenvalue weighted by Crippen LogP contribution is 2.35. The fraction of sp³-hybridized carbons (Fsp3) is 0.478. The van der Waals surface area contributed by atoms with Crippen molar-refractivity contribution < 1.29 is 4.74 Å². The summed E-state index contributed by atoms with van der Waals surface area (Å²) in [6, 6.07) is 17.7. The Morgan fingerprint density at radius 1 is 0.800 bits per heavy atom. The maximum atomic E-state index is 5.36. The van der Waals surface area contributed by atoms with Crippen molar-refractivity contribution in [1.29, 1.82) is 0 Å². The van der Waals surface area contributed by atoms with Crippen molar-refractivity contribution in [2.24, 2.45) is 0 Å². The maximum absolute atomic E-state index is 5.36. The van der Waals surface area contributed by atoms with Crippen LogP contribution in [0.1, 0.15) is 0 Å². The van der Waals surface area contributed by atoms with E-state index in [4.69, 9.17) is 4.74 Å². The number of nitrogens with one attached hydrogen (secondary N) is 2. The van der Waals surface area contributed by atoms with Gasteiger partial charge < -0.3 is 15.4 Å². The van der Waals surface area contributed by atoms with Gasteiger partial charge in [0.1, 0.15) is 0 Å². The number of benzene rings is 2. The summed E-state index contributed by atoms with van der Waals surface area (Å²) < 4.78 is 5.36. The molecule has 0 radical (unpaired) electrons. The first-order chi connectivity index (χ1) is 14.9. The van der Waals surface area contributed by atoms with Gasteiger partial charge in [-0.1, -0.05) is 24.3 Å². The molecule has 6 rings (SSSR count). The zero-order chi connectivity index (χ0) is 20.4. The molecule has 2 N–H and O–H groups in total. The van der Waals surface area contributed by atoms with Crippen molar-refractivity contribution in [3.8, 4) is 0 Å². The van der Waals surface area contributed by atoms with Crippen LogP contribution in [0.4, 0.5) is 5.69 Å². The highest BCUT2D eigenvalue weighted by atomic mass is 32.2. The van der Waals surface area contributed by atoms with Crippen LogP contribution in [0.2, 0.25) is 0 Å². The summed E-state index contributed by atoms with van der Waals surface area (Å²) in [6.07, 6.45) is 0. The van der Waals surface area contributed by atoms with E-state index in [2.05, 4.69) is 64.1 Å². The molecule has 0 amide bonds. The SMILES string of the molecule is C1CN2CCOCC2CN1.c1ccc2c(c1)NCCS2.c1ccc2c(c1)SCCS2. The predicted octanol–water partition coefficient (Wildman–Crippen LogP) is 4.38. The van der Waals surface area contributed by atoms with Crippen molar-refractivity contribution in [1.82, 2.24) is 10.2 Å². The van der Waals surface area contributed by atoms with Crippen LogP contribution < -0.4 is 10.6 Å². The lowest BCUT2D eigenvalue weighted by atomic mass is 10.2. The molecule has 1 atom stereocenters. The monoisotopic (exact) mass is 461 g/mol. The molecule has 0 aromatic heterocycles. The molecule has 2 aromatic carbocycles. The Kier molecular flexibility index (Phi) is 9.15. The second-order valence-corrected chi connectivity index (χ2v) is 10.8. The standard InChI is InChI=1S/C8H9NS.C8H8S2.C7H14N2O/c2*1-2-4-8-7(3-1)9-5-6-10-8;1-2-9-3-4-10-6-7(9)5-8-1/h1-4,9H,5-6H2;1-4H,5-6H2;7-8H,1-6H2. The number of para-hydroxylation sites is 1. The van der Waals surface area contributed by atoms with E-state index < -0.39 is 0 Å². The molecule has 4 heterocycles. The van der Waals surface area contributed by atoms with Gasteiger partial charge in [-0.15, -0.1) is 35.3 Å². The minimum absolute atomic E-state index is 0.655. The molecular weight excluding hydrogens is 430 g/mol. The van der Waals surface area contributed by atoms with E-state index in [1.807, 2.05) is 35.3 Å². The van der Waals surface area contributed by atoms with Crippen molar-refractivity contribution in [3.63, 3.8) is 0 Å². The van der Waals surface area contributed by atoms with Gasteiger partial charge >= 0.3 is 0 Å². The van der Waals surface area contributed by atoms with Gasteiger partial charge in [0, 0.05) is 76.4 Å². The molecule has 4 aliphatic rings. The molecule has 0 aliphatic carbocycles. The van der Waals surface area contributed by atoms with Crippen LogP contribution in [0, 0.1) is 0 Å². The van der Waals surface area contributed by atoms with Gasteiger partial charge in [-0.2, -0.15) is 0 Å². The lowest BCUT2D eigenvalue weighted by molar-refractivity contribution is -0.0168. The summed E-state index contributed by atoms with van der Waals surface area (Å²) in [5.41, 5.74) is 1.29. The fourth-order valence-electron chi connectivity index (χ4n) is 3.74. The number of ether oxygens (including phenoxy) is 1. The molecule has 0 spiro atoms. The van der Waals surface area contributed by atoms with Crippen LogP contribution in [0.3, 0.4) is 0 Å². The Hall–Kier alpha value is -0.830. The lowest BCUT2D eigenvalue weighted by Crippen LogP contribution is -2.56. The van der Waals surface area contributed by atoms with Crippen molar-refractivity contribution in [2.75, 3.05) is 68.5 Å². The highest BCUT2D eigenvalue weighted by Gasteiger charge is 2.24. The number of anilines is 1. The second kappa shape index (κ2) is 12.3. The Bertz CT molecular complexity index is 664. The molecule has 7 heteroatoms. The zero-order valence-corrected chi connectivity index (χ0v) is 19.8. The summed E-state index contributed by atoms with van der Waals surface area (Å²) >= 11 is 5.86. The van der Waals surface area contributed by atoms with Crippen LogP contribution in [0.15, 0.2) is 63.2 Å². The van der Waals surface area contributed by atoms with Gasteiger partial charge in [0.2, 0.25) is 0 Å². The van der Waals surface area contributed by atoms with E-state index in [0.717, 1.165) is 39.4 Å². The minimum Gasteiger partial charge on any atom is -0.383 e. The summed E-state index contributed by atoms with van der Waals surface area (Å²) in [7, 11) is 0. The maximum Gasteiger partial charge on any atom is 0.0634 e.